The second-order valence-corrected chi connectivity index (χ2v) is 5.64. The Morgan fingerprint density at radius 1 is 1.29 bits per heavy atom. The van der Waals surface area contributed by atoms with E-state index >= 15 is 0 Å². The number of nitrogens with zero attached hydrogens (tertiary/aromatic N) is 2. The summed E-state index contributed by atoms with van der Waals surface area (Å²) in [5, 5.41) is 10.5. The average molecular weight is 305 g/mol. The molecular weight excluding hydrogens is 284 g/mol. The number of rotatable bonds is 5. The van der Waals surface area contributed by atoms with Crippen LogP contribution in [0.25, 0.3) is 0 Å². The van der Waals surface area contributed by atoms with Crippen LogP contribution in [0.1, 0.15) is 43.7 Å². The van der Waals surface area contributed by atoms with E-state index < -0.39 is 6.10 Å². The van der Waals surface area contributed by atoms with E-state index in [1.807, 2.05) is 44.3 Å². The van der Waals surface area contributed by atoms with E-state index in [0.717, 1.165) is 16.3 Å². The first-order chi connectivity index (χ1) is 10.0. The van der Waals surface area contributed by atoms with Gasteiger partial charge >= 0.3 is 0 Å². The lowest BCUT2D eigenvalue weighted by molar-refractivity contribution is 0.169. The van der Waals surface area contributed by atoms with Crippen molar-refractivity contribution >= 4 is 17.3 Å². The van der Waals surface area contributed by atoms with Crippen LogP contribution >= 0.6 is 11.6 Å². The number of aromatic nitrogens is 1. The van der Waals surface area contributed by atoms with Crippen molar-refractivity contribution in [3.8, 4) is 0 Å². The van der Waals surface area contributed by atoms with Gasteiger partial charge in [-0.25, -0.2) is 0 Å². The molecule has 0 spiro atoms. The number of aliphatic hydroxyl groups excluding tert-OH is 1. The molecule has 1 aromatic carbocycles. The molecule has 0 aliphatic rings. The Balaban J connectivity index is 2.17. The zero-order chi connectivity index (χ0) is 15.4. The van der Waals surface area contributed by atoms with Crippen molar-refractivity contribution in [3.05, 3.63) is 58.9 Å². The number of hydrogen-bond acceptors (Lipinski definition) is 3. The van der Waals surface area contributed by atoms with Crippen LogP contribution in [0.4, 0.5) is 5.69 Å². The number of pyridine rings is 1. The summed E-state index contributed by atoms with van der Waals surface area (Å²) >= 11 is 6.05. The topological polar surface area (TPSA) is 36.4 Å². The summed E-state index contributed by atoms with van der Waals surface area (Å²) < 4.78 is 0. The predicted molar refractivity (Wildman–Crippen MR) is 87.8 cm³/mol. The van der Waals surface area contributed by atoms with Crippen molar-refractivity contribution in [2.75, 3.05) is 11.9 Å². The van der Waals surface area contributed by atoms with Gasteiger partial charge in [0.05, 0.1) is 29.7 Å². The summed E-state index contributed by atoms with van der Waals surface area (Å²) in [5.74, 6) is 0. The van der Waals surface area contributed by atoms with Gasteiger partial charge in [0.2, 0.25) is 0 Å². The molecule has 4 heteroatoms. The van der Waals surface area contributed by atoms with E-state index in [0.29, 0.717) is 12.1 Å². The van der Waals surface area contributed by atoms with Gasteiger partial charge in [0.1, 0.15) is 0 Å². The molecule has 1 aromatic heterocycles. The second kappa shape index (κ2) is 6.92. The average Bonchev–Trinajstić information content (AvgIpc) is 2.53. The Kier molecular flexibility index (Phi) is 5.21. The molecule has 112 valence electrons. The molecule has 0 bridgehead atoms. The van der Waals surface area contributed by atoms with Crippen LogP contribution in [0.5, 0.6) is 0 Å². The highest BCUT2D eigenvalue weighted by molar-refractivity contribution is 6.30. The number of halogens is 1. The Morgan fingerprint density at radius 3 is 2.62 bits per heavy atom. The third-order valence-electron chi connectivity index (χ3n) is 3.82. The zero-order valence-electron chi connectivity index (χ0n) is 12.6. The van der Waals surface area contributed by atoms with E-state index in [2.05, 4.69) is 22.9 Å². The Labute approximate surface area is 131 Å². The monoisotopic (exact) mass is 304 g/mol. The van der Waals surface area contributed by atoms with Gasteiger partial charge in [-0.05, 0) is 43.2 Å². The fraction of sp³-hybridized carbons (Fsp3) is 0.353. The number of anilines is 1. The molecule has 0 aliphatic carbocycles. The third kappa shape index (κ3) is 3.74. The van der Waals surface area contributed by atoms with Gasteiger partial charge in [-0.1, -0.05) is 30.7 Å². The van der Waals surface area contributed by atoms with Gasteiger partial charge in [0.25, 0.3) is 0 Å². The standard InChI is InChI=1S/C17H21ClN2O/c1-4-17(21)16-9-8-15(11-19-16)20(3)12(2)13-6-5-7-14(18)10-13/h5-12,17,21H,4H2,1-3H3. The van der Waals surface area contributed by atoms with Crippen molar-refractivity contribution in [1.82, 2.24) is 4.98 Å². The molecule has 2 rings (SSSR count). The molecule has 0 fully saturated rings. The smallest absolute Gasteiger partial charge is 0.0957 e. The minimum atomic E-state index is -0.491. The van der Waals surface area contributed by atoms with E-state index in [9.17, 15) is 5.11 Å². The van der Waals surface area contributed by atoms with Crippen LogP contribution < -0.4 is 4.90 Å². The first-order valence-electron chi connectivity index (χ1n) is 7.15. The maximum Gasteiger partial charge on any atom is 0.0957 e. The molecular formula is C17H21ClN2O. The number of aliphatic hydroxyl groups is 1. The van der Waals surface area contributed by atoms with Gasteiger partial charge in [-0.2, -0.15) is 0 Å². The molecule has 2 atom stereocenters. The second-order valence-electron chi connectivity index (χ2n) is 5.21. The largest absolute Gasteiger partial charge is 0.387 e. The minimum Gasteiger partial charge on any atom is -0.387 e. The van der Waals surface area contributed by atoms with Crippen molar-refractivity contribution < 1.29 is 5.11 Å². The SMILES string of the molecule is CCC(O)c1ccc(N(C)C(C)c2cccc(Cl)c2)cn1. The lowest BCUT2D eigenvalue weighted by Crippen LogP contribution is -2.21. The van der Waals surface area contributed by atoms with E-state index in [4.69, 9.17) is 11.6 Å². The van der Waals surface area contributed by atoms with Crippen LogP contribution in [0.15, 0.2) is 42.6 Å². The van der Waals surface area contributed by atoms with Gasteiger partial charge in [0, 0.05) is 12.1 Å². The highest BCUT2D eigenvalue weighted by atomic mass is 35.5. The lowest BCUT2D eigenvalue weighted by atomic mass is 10.1. The molecule has 2 aromatic rings. The molecule has 3 nitrogen and oxygen atoms in total. The molecule has 0 radical (unpaired) electrons. The normalized spacial score (nSPS) is 13.8. The van der Waals surface area contributed by atoms with Gasteiger partial charge in [-0.3, -0.25) is 4.98 Å². The quantitative estimate of drug-likeness (QED) is 0.890. The van der Waals surface area contributed by atoms with Crippen LogP contribution in [-0.4, -0.2) is 17.1 Å². The van der Waals surface area contributed by atoms with Crippen molar-refractivity contribution in [3.63, 3.8) is 0 Å². The molecule has 2 unspecified atom stereocenters. The molecule has 0 saturated heterocycles. The number of hydrogen-bond donors (Lipinski definition) is 1. The Hall–Kier alpha value is -1.58. The maximum atomic E-state index is 9.79. The maximum absolute atomic E-state index is 9.79. The summed E-state index contributed by atoms with van der Waals surface area (Å²) in [6, 6.07) is 11.9. The highest BCUT2D eigenvalue weighted by Crippen LogP contribution is 2.27. The molecule has 0 aliphatic heterocycles. The summed E-state index contributed by atoms with van der Waals surface area (Å²) in [6.45, 7) is 4.06. The van der Waals surface area contributed by atoms with Crippen LogP contribution in [-0.2, 0) is 0 Å². The first kappa shape index (κ1) is 15.8. The van der Waals surface area contributed by atoms with E-state index in [-0.39, 0.29) is 6.04 Å². The minimum absolute atomic E-state index is 0.187. The molecule has 0 amide bonds. The Morgan fingerprint density at radius 2 is 2.05 bits per heavy atom. The van der Waals surface area contributed by atoms with Crippen LogP contribution in [0.3, 0.4) is 0 Å². The van der Waals surface area contributed by atoms with Crippen LogP contribution in [0, 0.1) is 0 Å². The van der Waals surface area contributed by atoms with Crippen molar-refractivity contribution in [1.29, 1.82) is 0 Å². The van der Waals surface area contributed by atoms with Crippen molar-refractivity contribution in [2.45, 2.75) is 32.4 Å². The van der Waals surface area contributed by atoms with Crippen LogP contribution in [0.2, 0.25) is 5.02 Å². The first-order valence-corrected chi connectivity index (χ1v) is 7.53. The lowest BCUT2D eigenvalue weighted by Gasteiger charge is -2.27. The number of benzene rings is 1. The van der Waals surface area contributed by atoms with Gasteiger partial charge in [0.15, 0.2) is 0 Å². The fourth-order valence-electron chi connectivity index (χ4n) is 2.23. The predicted octanol–water partition coefficient (Wildman–Crippen LogP) is 4.38. The van der Waals surface area contributed by atoms with E-state index in [1.54, 1.807) is 6.20 Å². The summed E-state index contributed by atoms with van der Waals surface area (Å²) in [6.07, 6.45) is 1.98. The van der Waals surface area contributed by atoms with E-state index in [1.165, 1.54) is 0 Å². The fourth-order valence-corrected chi connectivity index (χ4v) is 2.42. The molecule has 1 heterocycles. The summed E-state index contributed by atoms with van der Waals surface area (Å²) in [7, 11) is 2.03. The van der Waals surface area contributed by atoms with Crippen molar-refractivity contribution in [2.24, 2.45) is 0 Å². The van der Waals surface area contributed by atoms with Gasteiger partial charge in [-0.15, -0.1) is 0 Å². The van der Waals surface area contributed by atoms with Gasteiger partial charge < -0.3 is 10.0 Å². The molecule has 21 heavy (non-hydrogen) atoms. The molecule has 1 N–H and O–H groups in total. The highest BCUT2D eigenvalue weighted by Gasteiger charge is 2.14. The Bertz CT molecular complexity index is 586. The summed E-state index contributed by atoms with van der Waals surface area (Å²) in [4.78, 5) is 6.49. The molecule has 0 saturated carbocycles. The third-order valence-corrected chi connectivity index (χ3v) is 4.05. The summed E-state index contributed by atoms with van der Waals surface area (Å²) in [5.41, 5.74) is 2.88. The zero-order valence-corrected chi connectivity index (χ0v) is 13.4.